The average Bonchev–Trinajstić information content (AvgIpc) is 2.70. The molecule has 1 N–H and O–H groups in total. The fraction of sp³-hybridized carbons (Fsp3) is 0.300. The number of benzene rings is 2. The molecule has 1 aliphatic heterocycles. The Morgan fingerprint density at radius 1 is 1.19 bits per heavy atom. The molecule has 1 heterocycles. The highest BCUT2D eigenvalue weighted by molar-refractivity contribution is 5.92. The SMILES string of the molecule is N#CCc1ccc(NC(=O)C2CCN(c3ccccc3[N+](=O)[O-])CC2)cc1. The quantitative estimate of drug-likeness (QED) is 0.646. The lowest BCUT2D eigenvalue weighted by Gasteiger charge is -2.32. The van der Waals surface area contributed by atoms with Gasteiger partial charge in [-0.1, -0.05) is 24.3 Å². The standard InChI is InChI=1S/C20H20N4O3/c21-12-9-15-5-7-17(8-6-15)22-20(25)16-10-13-23(14-11-16)18-3-1-2-4-19(18)24(26)27/h1-8,16H,9-11,13-14H2,(H,22,25). The fourth-order valence-electron chi connectivity index (χ4n) is 3.31. The number of nitrogens with zero attached hydrogens (tertiary/aromatic N) is 3. The molecule has 3 rings (SSSR count). The number of nitrogens with one attached hydrogen (secondary N) is 1. The van der Waals surface area contributed by atoms with Crippen LogP contribution in [0, 0.1) is 27.4 Å². The fourth-order valence-corrected chi connectivity index (χ4v) is 3.31. The highest BCUT2D eigenvalue weighted by Crippen LogP contribution is 2.31. The van der Waals surface area contributed by atoms with E-state index in [2.05, 4.69) is 11.4 Å². The molecule has 0 unspecified atom stereocenters. The molecule has 2 aromatic rings. The molecule has 0 atom stereocenters. The van der Waals surface area contributed by atoms with E-state index in [0.717, 1.165) is 5.56 Å². The summed E-state index contributed by atoms with van der Waals surface area (Å²) in [6, 6.07) is 16.0. The van der Waals surface area contributed by atoms with Crippen molar-refractivity contribution < 1.29 is 9.72 Å². The lowest BCUT2D eigenvalue weighted by atomic mass is 9.95. The zero-order chi connectivity index (χ0) is 19.2. The van der Waals surface area contributed by atoms with Crippen LogP contribution in [0.15, 0.2) is 48.5 Å². The molecule has 2 aromatic carbocycles. The smallest absolute Gasteiger partial charge is 0.292 e. The van der Waals surface area contributed by atoms with Gasteiger partial charge in [0.2, 0.25) is 5.91 Å². The predicted molar refractivity (Wildman–Crippen MR) is 102 cm³/mol. The first-order valence-electron chi connectivity index (χ1n) is 8.83. The molecule has 1 saturated heterocycles. The monoisotopic (exact) mass is 364 g/mol. The van der Waals surface area contributed by atoms with Gasteiger partial charge in [-0.05, 0) is 36.6 Å². The van der Waals surface area contributed by atoms with Crippen LogP contribution >= 0.6 is 0 Å². The van der Waals surface area contributed by atoms with Crippen molar-refractivity contribution in [1.29, 1.82) is 5.26 Å². The number of piperidine rings is 1. The van der Waals surface area contributed by atoms with E-state index < -0.39 is 0 Å². The molecule has 0 radical (unpaired) electrons. The molecule has 0 saturated carbocycles. The number of carbonyl (C=O) groups is 1. The van der Waals surface area contributed by atoms with E-state index in [9.17, 15) is 14.9 Å². The number of hydrogen-bond donors (Lipinski definition) is 1. The summed E-state index contributed by atoms with van der Waals surface area (Å²) in [7, 11) is 0. The summed E-state index contributed by atoms with van der Waals surface area (Å²) in [6.07, 6.45) is 1.63. The molecular weight excluding hydrogens is 344 g/mol. The van der Waals surface area contributed by atoms with Crippen LogP contribution in [0.5, 0.6) is 0 Å². The van der Waals surface area contributed by atoms with Crippen molar-refractivity contribution in [2.75, 3.05) is 23.3 Å². The topological polar surface area (TPSA) is 99.3 Å². The Labute approximate surface area is 157 Å². The largest absolute Gasteiger partial charge is 0.366 e. The van der Waals surface area contributed by atoms with Crippen molar-refractivity contribution in [1.82, 2.24) is 0 Å². The van der Waals surface area contributed by atoms with Gasteiger partial charge in [0.15, 0.2) is 0 Å². The second-order valence-electron chi connectivity index (χ2n) is 6.53. The number of nitro groups is 1. The van der Waals surface area contributed by atoms with Crippen molar-refractivity contribution in [3.05, 3.63) is 64.2 Å². The van der Waals surface area contributed by atoms with E-state index in [1.807, 2.05) is 17.0 Å². The van der Waals surface area contributed by atoms with Crippen LogP contribution in [0.25, 0.3) is 0 Å². The van der Waals surface area contributed by atoms with Gasteiger partial charge in [0.05, 0.1) is 17.4 Å². The Hall–Kier alpha value is -3.40. The maximum absolute atomic E-state index is 12.5. The van der Waals surface area contributed by atoms with Crippen molar-refractivity contribution in [3.63, 3.8) is 0 Å². The number of para-hydroxylation sites is 2. The highest BCUT2D eigenvalue weighted by atomic mass is 16.6. The molecule has 1 amide bonds. The Morgan fingerprint density at radius 2 is 1.85 bits per heavy atom. The molecule has 7 heteroatoms. The number of nitro benzene ring substituents is 1. The number of nitriles is 1. The minimum absolute atomic E-state index is 0.0368. The van der Waals surface area contributed by atoms with Crippen LogP contribution in [0.4, 0.5) is 17.1 Å². The van der Waals surface area contributed by atoms with Gasteiger partial charge in [0.1, 0.15) is 5.69 Å². The van der Waals surface area contributed by atoms with Crippen LogP contribution in [0.2, 0.25) is 0 Å². The maximum atomic E-state index is 12.5. The lowest BCUT2D eigenvalue weighted by molar-refractivity contribution is -0.384. The number of anilines is 2. The van der Waals surface area contributed by atoms with Gasteiger partial charge in [-0.25, -0.2) is 0 Å². The highest BCUT2D eigenvalue weighted by Gasteiger charge is 2.28. The van der Waals surface area contributed by atoms with E-state index >= 15 is 0 Å². The third-order valence-electron chi connectivity index (χ3n) is 4.79. The molecule has 0 aliphatic carbocycles. The van der Waals surface area contributed by atoms with Crippen LogP contribution in [0.1, 0.15) is 18.4 Å². The van der Waals surface area contributed by atoms with Crippen molar-refractivity contribution in [3.8, 4) is 6.07 Å². The van der Waals surface area contributed by atoms with E-state index in [1.54, 1.807) is 30.3 Å². The molecule has 27 heavy (non-hydrogen) atoms. The minimum Gasteiger partial charge on any atom is -0.366 e. The lowest BCUT2D eigenvalue weighted by Crippen LogP contribution is -2.38. The molecule has 1 fully saturated rings. The first kappa shape index (κ1) is 18.4. The summed E-state index contributed by atoms with van der Waals surface area (Å²) in [5, 5.41) is 22.8. The normalized spacial score (nSPS) is 14.4. The number of carbonyl (C=O) groups excluding carboxylic acids is 1. The summed E-state index contributed by atoms with van der Waals surface area (Å²) >= 11 is 0. The van der Waals surface area contributed by atoms with Gasteiger partial charge in [0.25, 0.3) is 5.69 Å². The zero-order valence-electron chi connectivity index (χ0n) is 14.8. The minimum atomic E-state index is -0.371. The second kappa shape index (κ2) is 8.32. The van der Waals surface area contributed by atoms with Crippen molar-refractivity contribution in [2.24, 2.45) is 5.92 Å². The van der Waals surface area contributed by atoms with Crippen molar-refractivity contribution >= 4 is 23.0 Å². The van der Waals surface area contributed by atoms with Crippen LogP contribution in [-0.4, -0.2) is 23.9 Å². The Morgan fingerprint density at radius 3 is 2.48 bits per heavy atom. The number of amides is 1. The molecule has 0 bridgehead atoms. The molecule has 7 nitrogen and oxygen atoms in total. The average molecular weight is 364 g/mol. The zero-order valence-corrected chi connectivity index (χ0v) is 14.8. The van der Waals surface area contributed by atoms with Gasteiger partial charge < -0.3 is 10.2 Å². The predicted octanol–water partition coefficient (Wildman–Crippen LogP) is 3.52. The molecule has 1 aliphatic rings. The third-order valence-corrected chi connectivity index (χ3v) is 4.79. The second-order valence-corrected chi connectivity index (χ2v) is 6.53. The molecular formula is C20H20N4O3. The van der Waals surface area contributed by atoms with E-state index in [4.69, 9.17) is 5.26 Å². The summed E-state index contributed by atoms with van der Waals surface area (Å²) in [5.74, 6) is -0.159. The molecule has 0 spiro atoms. The summed E-state index contributed by atoms with van der Waals surface area (Å²) in [4.78, 5) is 25.3. The Balaban J connectivity index is 1.58. The maximum Gasteiger partial charge on any atom is 0.292 e. The van der Waals surface area contributed by atoms with Crippen LogP contribution < -0.4 is 10.2 Å². The first-order valence-corrected chi connectivity index (χ1v) is 8.83. The summed E-state index contributed by atoms with van der Waals surface area (Å²) in [6.45, 7) is 1.20. The first-order chi connectivity index (χ1) is 13.1. The van der Waals surface area contributed by atoms with Crippen molar-refractivity contribution in [2.45, 2.75) is 19.3 Å². The van der Waals surface area contributed by atoms with Gasteiger partial charge in [0, 0.05) is 30.8 Å². The van der Waals surface area contributed by atoms with E-state index in [-0.39, 0.29) is 22.4 Å². The summed E-state index contributed by atoms with van der Waals surface area (Å²) < 4.78 is 0. The third kappa shape index (κ3) is 4.42. The van der Waals surface area contributed by atoms with Gasteiger partial charge in [-0.2, -0.15) is 5.26 Å². The van der Waals surface area contributed by atoms with E-state index in [1.165, 1.54) is 6.07 Å². The van der Waals surface area contributed by atoms with Crippen LogP contribution in [0.3, 0.4) is 0 Å². The number of hydrogen-bond acceptors (Lipinski definition) is 5. The van der Waals surface area contributed by atoms with Crippen LogP contribution in [-0.2, 0) is 11.2 Å². The number of rotatable bonds is 5. The van der Waals surface area contributed by atoms with Gasteiger partial charge >= 0.3 is 0 Å². The van der Waals surface area contributed by atoms with Gasteiger partial charge in [-0.3, -0.25) is 14.9 Å². The van der Waals surface area contributed by atoms with Gasteiger partial charge in [-0.15, -0.1) is 0 Å². The molecule has 0 aromatic heterocycles. The van der Waals surface area contributed by atoms with E-state index in [0.29, 0.717) is 43.7 Å². The molecule has 138 valence electrons. The summed E-state index contributed by atoms with van der Waals surface area (Å²) in [5.41, 5.74) is 2.32. The Bertz CT molecular complexity index is 866. The Kier molecular flexibility index (Phi) is 5.67.